The molecular weight excluding hydrogens is 160 g/mol. The molecule has 13 heavy (non-hydrogen) atoms. The summed E-state index contributed by atoms with van der Waals surface area (Å²) in [5.74, 6) is 6.22. The van der Waals surface area contributed by atoms with Gasteiger partial charge in [-0.15, -0.1) is 11.8 Å². The molecule has 0 bridgehead atoms. The van der Waals surface area contributed by atoms with Gasteiger partial charge in [-0.05, 0) is 12.8 Å². The third kappa shape index (κ3) is 11.5. The molecule has 0 saturated heterocycles. The largest absolute Gasteiger partial charge is 0.396 e. The summed E-state index contributed by atoms with van der Waals surface area (Å²) in [7, 11) is 0. The van der Waals surface area contributed by atoms with Gasteiger partial charge in [-0.1, -0.05) is 32.6 Å². The van der Waals surface area contributed by atoms with Crippen LogP contribution in [0.5, 0.6) is 0 Å². The molecule has 0 radical (unpaired) electrons. The van der Waals surface area contributed by atoms with Crippen molar-refractivity contribution in [1.29, 1.82) is 0 Å². The molecule has 0 fully saturated rings. The topological polar surface area (TPSA) is 20.2 Å². The first-order valence-corrected chi connectivity index (χ1v) is 5.48. The maximum Gasteiger partial charge on any atom is 0.0431 e. The van der Waals surface area contributed by atoms with Crippen LogP contribution in [-0.4, -0.2) is 11.7 Å². The Labute approximate surface area is 82.5 Å². The second kappa shape index (κ2) is 11.5. The zero-order chi connectivity index (χ0) is 9.78. The predicted molar refractivity (Wildman–Crippen MR) is 57.5 cm³/mol. The van der Waals surface area contributed by atoms with Crippen LogP contribution < -0.4 is 0 Å². The Morgan fingerprint density at radius 1 is 0.846 bits per heavy atom. The smallest absolute Gasteiger partial charge is 0.0431 e. The average molecular weight is 182 g/mol. The molecule has 0 aromatic carbocycles. The summed E-state index contributed by atoms with van der Waals surface area (Å²) in [6, 6.07) is 0. The Balaban J connectivity index is 2.91. The summed E-state index contributed by atoms with van der Waals surface area (Å²) < 4.78 is 0. The Bertz CT molecular complexity index is 141. The lowest BCUT2D eigenvalue weighted by molar-refractivity contribution is 0.282. The van der Waals surface area contributed by atoms with E-state index >= 15 is 0 Å². The normalized spacial score (nSPS) is 9.38. The molecule has 0 aliphatic rings. The van der Waals surface area contributed by atoms with Crippen LogP contribution in [0.1, 0.15) is 58.3 Å². The van der Waals surface area contributed by atoms with Gasteiger partial charge in [0.2, 0.25) is 0 Å². The fraction of sp³-hybridized carbons (Fsp3) is 0.833. The van der Waals surface area contributed by atoms with Crippen molar-refractivity contribution in [3.63, 3.8) is 0 Å². The highest BCUT2D eigenvalue weighted by molar-refractivity contribution is 4.97. The van der Waals surface area contributed by atoms with Gasteiger partial charge in [0, 0.05) is 19.4 Å². The molecule has 0 spiro atoms. The zero-order valence-corrected chi connectivity index (χ0v) is 8.81. The zero-order valence-electron chi connectivity index (χ0n) is 8.81. The summed E-state index contributed by atoms with van der Waals surface area (Å²) in [6.45, 7) is 2.43. The van der Waals surface area contributed by atoms with Crippen LogP contribution in [0.25, 0.3) is 0 Å². The van der Waals surface area contributed by atoms with E-state index in [-0.39, 0.29) is 0 Å². The molecule has 1 heteroatoms. The second-order valence-corrected chi connectivity index (χ2v) is 3.30. The first kappa shape index (κ1) is 12.5. The first-order chi connectivity index (χ1) is 6.41. The van der Waals surface area contributed by atoms with Crippen molar-refractivity contribution in [1.82, 2.24) is 0 Å². The number of unbranched alkanes of at least 4 members (excludes halogenated alkanes) is 6. The van der Waals surface area contributed by atoms with Crippen LogP contribution in [0.2, 0.25) is 0 Å². The SMILES string of the molecule is CCC#CCCCCCCCCO. The Hall–Kier alpha value is -0.480. The van der Waals surface area contributed by atoms with Crippen molar-refractivity contribution in [2.75, 3.05) is 6.61 Å². The third-order valence-corrected chi connectivity index (χ3v) is 2.01. The molecule has 0 aliphatic carbocycles. The van der Waals surface area contributed by atoms with E-state index in [4.69, 9.17) is 5.11 Å². The van der Waals surface area contributed by atoms with E-state index in [1.807, 2.05) is 0 Å². The van der Waals surface area contributed by atoms with Crippen molar-refractivity contribution in [3.8, 4) is 11.8 Å². The molecule has 1 nitrogen and oxygen atoms in total. The highest BCUT2D eigenvalue weighted by atomic mass is 16.2. The van der Waals surface area contributed by atoms with Crippen molar-refractivity contribution in [3.05, 3.63) is 0 Å². The quantitative estimate of drug-likeness (QED) is 0.474. The van der Waals surface area contributed by atoms with Crippen molar-refractivity contribution in [2.45, 2.75) is 58.3 Å². The molecule has 0 unspecified atom stereocenters. The summed E-state index contributed by atoms with van der Waals surface area (Å²) >= 11 is 0. The molecular formula is C12H22O. The van der Waals surface area contributed by atoms with Gasteiger partial charge in [0.15, 0.2) is 0 Å². The van der Waals surface area contributed by atoms with Gasteiger partial charge in [-0.2, -0.15) is 0 Å². The summed E-state index contributed by atoms with van der Waals surface area (Å²) in [6.07, 6.45) is 9.29. The molecule has 1 N–H and O–H groups in total. The lowest BCUT2D eigenvalue weighted by Gasteiger charge is -1.97. The highest BCUT2D eigenvalue weighted by Gasteiger charge is 1.89. The van der Waals surface area contributed by atoms with E-state index in [2.05, 4.69) is 18.8 Å². The van der Waals surface area contributed by atoms with Crippen molar-refractivity contribution in [2.24, 2.45) is 0 Å². The second-order valence-electron chi connectivity index (χ2n) is 3.30. The van der Waals surface area contributed by atoms with Crippen LogP contribution in [0.15, 0.2) is 0 Å². The minimum absolute atomic E-state index is 0.349. The van der Waals surface area contributed by atoms with E-state index < -0.39 is 0 Å². The minimum atomic E-state index is 0.349. The predicted octanol–water partition coefficient (Wildman–Crippen LogP) is 3.12. The fourth-order valence-electron chi connectivity index (χ4n) is 1.25. The van der Waals surface area contributed by atoms with Gasteiger partial charge < -0.3 is 5.11 Å². The van der Waals surface area contributed by atoms with Crippen molar-refractivity contribution < 1.29 is 5.11 Å². The fourth-order valence-corrected chi connectivity index (χ4v) is 1.25. The van der Waals surface area contributed by atoms with Crippen LogP contribution in [0.3, 0.4) is 0 Å². The molecule has 0 rings (SSSR count). The van der Waals surface area contributed by atoms with Crippen LogP contribution in [0, 0.1) is 11.8 Å². The molecule has 76 valence electrons. The summed E-state index contributed by atoms with van der Waals surface area (Å²) in [5, 5.41) is 8.55. The number of aliphatic hydroxyl groups excluding tert-OH is 1. The molecule has 0 atom stereocenters. The Morgan fingerprint density at radius 2 is 1.46 bits per heavy atom. The molecule has 0 amide bonds. The van der Waals surface area contributed by atoms with E-state index in [9.17, 15) is 0 Å². The summed E-state index contributed by atoms with van der Waals surface area (Å²) in [5.41, 5.74) is 0. The van der Waals surface area contributed by atoms with E-state index in [0.717, 1.165) is 19.3 Å². The van der Waals surface area contributed by atoms with Gasteiger partial charge in [-0.25, -0.2) is 0 Å². The molecule has 0 heterocycles. The number of rotatable bonds is 7. The van der Waals surface area contributed by atoms with E-state index in [1.165, 1.54) is 32.1 Å². The summed E-state index contributed by atoms with van der Waals surface area (Å²) in [4.78, 5) is 0. The lowest BCUT2D eigenvalue weighted by Crippen LogP contribution is -1.83. The Kier molecular flexibility index (Phi) is 11.1. The highest BCUT2D eigenvalue weighted by Crippen LogP contribution is 2.06. The molecule has 0 saturated carbocycles. The Morgan fingerprint density at radius 3 is 2.08 bits per heavy atom. The van der Waals surface area contributed by atoms with Gasteiger partial charge >= 0.3 is 0 Å². The molecule has 0 aromatic heterocycles. The van der Waals surface area contributed by atoms with Crippen LogP contribution in [0.4, 0.5) is 0 Å². The van der Waals surface area contributed by atoms with Gasteiger partial charge in [0.1, 0.15) is 0 Å². The maximum absolute atomic E-state index is 8.55. The maximum atomic E-state index is 8.55. The number of hydrogen-bond acceptors (Lipinski definition) is 1. The number of aliphatic hydroxyl groups is 1. The first-order valence-electron chi connectivity index (χ1n) is 5.48. The van der Waals surface area contributed by atoms with Gasteiger partial charge in [0.05, 0.1) is 0 Å². The van der Waals surface area contributed by atoms with Crippen LogP contribution >= 0.6 is 0 Å². The molecule has 0 aromatic rings. The van der Waals surface area contributed by atoms with E-state index in [0.29, 0.717) is 6.61 Å². The van der Waals surface area contributed by atoms with Gasteiger partial charge in [0.25, 0.3) is 0 Å². The van der Waals surface area contributed by atoms with Gasteiger partial charge in [-0.3, -0.25) is 0 Å². The van der Waals surface area contributed by atoms with Crippen molar-refractivity contribution >= 4 is 0 Å². The standard InChI is InChI=1S/C12H22O/c1-2-3-4-5-6-7-8-9-10-11-12-13/h13H,2,5-12H2,1H3. The van der Waals surface area contributed by atoms with Crippen LogP contribution in [-0.2, 0) is 0 Å². The molecule has 0 aliphatic heterocycles. The van der Waals surface area contributed by atoms with E-state index in [1.54, 1.807) is 0 Å². The third-order valence-electron chi connectivity index (χ3n) is 2.01. The lowest BCUT2D eigenvalue weighted by atomic mass is 10.1. The average Bonchev–Trinajstić information content (AvgIpc) is 2.16. The monoisotopic (exact) mass is 182 g/mol. The number of hydrogen-bond donors (Lipinski definition) is 1. The minimum Gasteiger partial charge on any atom is -0.396 e.